The topological polar surface area (TPSA) is 41.1 Å². The summed E-state index contributed by atoms with van der Waals surface area (Å²) in [7, 11) is 0. The summed E-state index contributed by atoms with van der Waals surface area (Å²) in [6, 6.07) is 11.9. The van der Waals surface area contributed by atoms with Gasteiger partial charge in [0.15, 0.2) is 0 Å². The van der Waals surface area contributed by atoms with Crippen LogP contribution in [0.25, 0.3) is 0 Å². The van der Waals surface area contributed by atoms with Crippen LogP contribution in [0.1, 0.15) is 60.6 Å². The molecule has 1 amide bonds. The smallest absolute Gasteiger partial charge is 0.343 e. The second kappa shape index (κ2) is 8.98. The predicted molar refractivity (Wildman–Crippen MR) is 113 cm³/mol. The molecule has 3 atom stereocenters. The number of alkyl halides is 3. The maximum Gasteiger partial charge on any atom is 0.416 e. The van der Waals surface area contributed by atoms with Gasteiger partial charge in [0, 0.05) is 5.54 Å². The minimum absolute atomic E-state index is 0.0138. The molecule has 0 saturated carbocycles. The van der Waals surface area contributed by atoms with E-state index in [1.807, 2.05) is 37.3 Å². The number of benzene rings is 2. The Morgan fingerprint density at radius 1 is 1.27 bits per heavy atom. The Morgan fingerprint density at radius 3 is 2.53 bits per heavy atom. The molecule has 1 aliphatic heterocycles. The SMILES string of the molecule is CCC1CCC(C)(C(NC(=O)c2cc(C(F)(F)F)ccc2Cl)c2ccccc2)NC1. The lowest BCUT2D eigenvalue weighted by molar-refractivity contribution is -0.137. The van der Waals surface area contributed by atoms with Crippen LogP contribution in [0.4, 0.5) is 13.2 Å². The van der Waals surface area contributed by atoms with Gasteiger partial charge in [-0.1, -0.05) is 55.3 Å². The Kier molecular flexibility index (Phi) is 6.78. The van der Waals surface area contributed by atoms with Crippen LogP contribution in [-0.4, -0.2) is 18.0 Å². The van der Waals surface area contributed by atoms with Gasteiger partial charge in [-0.3, -0.25) is 4.79 Å². The van der Waals surface area contributed by atoms with E-state index in [9.17, 15) is 18.0 Å². The summed E-state index contributed by atoms with van der Waals surface area (Å²) in [4.78, 5) is 13.0. The van der Waals surface area contributed by atoms with Gasteiger partial charge >= 0.3 is 6.18 Å². The third kappa shape index (κ3) is 4.98. The van der Waals surface area contributed by atoms with Gasteiger partial charge in [-0.05, 0) is 56.0 Å². The molecule has 30 heavy (non-hydrogen) atoms. The third-order valence-corrected chi connectivity index (χ3v) is 6.36. The van der Waals surface area contributed by atoms with Crippen LogP contribution in [-0.2, 0) is 6.18 Å². The molecule has 7 heteroatoms. The predicted octanol–water partition coefficient (Wildman–Crippen LogP) is 6.00. The maximum atomic E-state index is 13.1. The molecule has 2 N–H and O–H groups in total. The number of piperidine rings is 1. The number of amides is 1. The second-order valence-electron chi connectivity index (χ2n) is 8.12. The van der Waals surface area contributed by atoms with E-state index < -0.39 is 29.2 Å². The van der Waals surface area contributed by atoms with Crippen molar-refractivity contribution in [3.05, 3.63) is 70.2 Å². The van der Waals surface area contributed by atoms with Crippen LogP contribution in [0, 0.1) is 5.92 Å². The summed E-state index contributed by atoms with van der Waals surface area (Å²) in [5, 5.41) is 6.52. The standard InChI is InChI=1S/C23H26ClF3N2O/c1-3-15-11-12-22(2,28-14-15)20(16-7-5-4-6-8-16)29-21(30)18-13-17(23(25,26)27)9-10-19(18)24/h4-10,13,15,20,28H,3,11-12,14H2,1-2H3,(H,29,30). The molecule has 1 aliphatic rings. The largest absolute Gasteiger partial charge is 0.416 e. The van der Waals surface area contributed by atoms with Crippen molar-refractivity contribution in [3.8, 4) is 0 Å². The van der Waals surface area contributed by atoms with Gasteiger partial charge in [-0.25, -0.2) is 0 Å². The molecule has 0 radical (unpaired) electrons. The van der Waals surface area contributed by atoms with Crippen molar-refractivity contribution >= 4 is 17.5 Å². The fourth-order valence-corrected chi connectivity index (χ4v) is 4.21. The van der Waals surface area contributed by atoms with Gasteiger partial charge in [0.2, 0.25) is 0 Å². The van der Waals surface area contributed by atoms with E-state index in [1.54, 1.807) is 0 Å². The maximum absolute atomic E-state index is 13.1. The summed E-state index contributed by atoms with van der Waals surface area (Å²) in [6.45, 7) is 5.03. The lowest BCUT2D eigenvalue weighted by Gasteiger charge is -2.44. The fraction of sp³-hybridized carbons (Fsp3) is 0.435. The monoisotopic (exact) mass is 438 g/mol. The highest BCUT2D eigenvalue weighted by Crippen LogP contribution is 2.36. The van der Waals surface area contributed by atoms with Crippen molar-refractivity contribution in [1.82, 2.24) is 10.6 Å². The van der Waals surface area contributed by atoms with E-state index in [2.05, 4.69) is 17.6 Å². The van der Waals surface area contributed by atoms with Crippen LogP contribution in [0.3, 0.4) is 0 Å². The summed E-state index contributed by atoms with van der Waals surface area (Å²) in [6.07, 6.45) is -1.62. The van der Waals surface area contributed by atoms with Crippen molar-refractivity contribution < 1.29 is 18.0 Å². The summed E-state index contributed by atoms with van der Waals surface area (Å²) in [5.41, 5.74) is -0.630. The minimum Gasteiger partial charge on any atom is -0.343 e. The van der Waals surface area contributed by atoms with E-state index in [4.69, 9.17) is 11.6 Å². The van der Waals surface area contributed by atoms with E-state index >= 15 is 0 Å². The molecule has 0 bridgehead atoms. The van der Waals surface area contributed by atoms with Gasteiger partial charge in [-0.15, -0.1) is 0 Å². The first-order valence-electron chi connectivity index (χ1n) is 10.1. The van der Waals surface area contributed by atoms with Crippen LogP contribution in [0.15, 0.2) is 48.5 Å². The van der Waals surface area contributed by atoms with Gasteiger partial charge in [0.05, 0.1) is 22.2 Å². The molecular formula is C23H26ClF3N2O. The highest BCUT2D eigenvalue weighted by Gasteiger charge is 2.40. The number of hydrogen-bond donors (Lipinski definition) is 2. The molecule has 2 aromatic carbocycles. The zero-order valence-corrected chi connectivity index (χ0v) is 17.8. The molecule has 2 aromatic rings. The number of hydrogen-bond acceptors (Lipinski definition) is 2. The highest BCUT2D eigenvalue weighted by atomic mass is 35.5. The van der Waals surface area contributed by atoms with Gasteiger partial charge in [0.25, 0.3) is 5.91 Å². The van der Waals surface area contributed by atoms with Crippen LogP contribution < -0.4 is 10.6 Å². The van der Waals surface area contributed by atoms with Crippen LogP contribution in [0.2, 0.25) is 5.02 Å². The van der Waals surface area contributed by atoms with Gasteiger partial charge < -0.3 is 10.6 Å². The zero-order chi connectivity index (χ0) is 21.9. The molecule has 3 nitrogen and oxygen atoms in total. The average molecular weight is 439 g/mol. The summed E-state index contributed by atoms with van der Waals surface area (Å²) >= 11 is 6.09. The first kappa shape index (κ1) is 22.6. The molecule has 0 aromatic heterocycles. The minimum atomic E-state index is -4.55. The molecular weight excluding hydrogens is 413 g/mol. The van der Waals surface area contributed by atoms with Crippen molar-refractivity contribution in [3.63, 3.8) is 0 Å². The van der Waals surface area contributed by atoms with E-state index in [0.717, 1.165) is 49.6 Å². The Balaban J connectivity index is 1.92. The zero-order valence-electron chi connectivity index (χ0n) is 17.0. The van der Waals surface area contributed by atoms with Crippen molar-refractivity contribution in [2.45, 2.75) is 50.9 Å². The molecule has 3 rings (SSSR count). The molecule has 3 unspecified atom stereocenters. The number of nitrogens with one attached hydrogen (secondary N) is 2. The van der Waals surface area contributed by atoms with Gasteiger partial charge in [0.1, 0.15) is 0 Å². The Morgan fingerprint density at radius 2 is 1.97 bits per heavy atom. The van der Waals surface area contributed by atoms with Crippen LogP contribution in [0.5, 0.6) is 0 Å². The van der Waals surface area contributed by atoms with E-state index in [1.165, 1.54) is 0 Å². The number of carbonyl (C=O) groups excluding carboxylic acids is 1. The van der Waals surface area contributed by atoms with Crippen molar-refractivity contribution in [2.24, 2.45) is 5.92 Å². The molecule has 0 spiro atoms. The third-order valence-electron chi connectivity index (χ3n) is 6.03. The van der Waals surface area contributed by atoms with Crippen LogP contribution >= 0.6 is 11.6 Å². The van der Waals surface area contributed by atoms with E-state index in [-0.39, 0.29) is 10.6 Å². The molecule has 0 aliphatic carbocycles. The molecule has 1 saturated heterocycles. The first-order valence-corrected chi connectivity index (χ1v) is 10.5. The fourth-order valence-electron chi connectivity index (χ4n) is 4.01. The normalized spacial score (nSPS) is 23.1. The lowest BCUT2D eigenvalue weighted by atomic mass is 9.77. The molecule has 1 heterocycles. The van der Waals surface area contributed by atoms with Gasteiger partial charge in [-0.2, -0.15) is 13.2 Å². The summed E-state index contributed by atoms with van der Waals surface area (Å²) in [5.74, 6) is -0.0521. The lowest BCUT2D eigenvalue weighted by Crippen LogP contribution is -2.57. The highest BCUT2D eigenvalue weighted by molar-refractivity contribution is 6.33. The Labute approximate surface area is 180 Å². The number of rotatable bonds is 5. The van der Waals surface area contributed by atoms with Crippen molar-refractivity contribution in [2.75, 3.05) is 6.54 Å². The molecule has 1 fully saturated rings. The first-order chi connectivity index (χ1) is 14.1. The quantitative estimate of drug-likeness (QED) is 0.601. The Bertz CT molecular complexity index is 878. The number of carbonyl (C=O) groups is 1. The number of halogens is 4. The second-order valence-corrected chi connectivity index (χ2v) is 8.53. The average Bonchev–Trinajstić information content (AvgIpc) is 2.72. The molecule has 162 valence electrons. The van der Waals surface area contributed by atoms with Crippen molar-refractivity contribution in [1.29, 1.82) is 0 Å². The summed E-state index contributed by atoms with van der Waals surface area (Å²) < 4.78 is 39.4. The Hall–Kier alpha value is -2.05. The van der Waals surface area contributed by atoms with E-state index in [0.29, 0.717) is 5.92 Å².